The highest BCUT2D eigenvalue weighted by Gasteiger charge is 2.30. The molecule has 0 heterocycles. The highest BCUT2D eigenvalue weighted by atomic mass is 19.4. The number of benzene rings is 1. The lowest BCUT2D eigenvalue weighted by Gasteiger charge is -2.18. The van der Waals surface area contributed by atoms with E-state index in [4.69, 9.17) is 4.74 Å². The third kappa shape index (κ3) is 6.77. The molecule has 1 unspecified atom stereocenters. The van der Waals surface area contributed by atoms with Gasteiger partial charge in [-0.15, -0.1) is 13.2 Å². The molecule has 0 aliphatic heterocycles. The van der Waals surface area contributed by atoms with Crippen molar-refractivity contribution in [3.63, 3.8) is 0 Å². The van der Waals surface area contributed by atoms with Gasteiger partial charge in [0.2, 0.25) is 0 Å². The molecule has 1 aromatic carbocycles. The van der Waals surface area contributed by atoms with Gasteiger partial charge in [-0.25, -0.2) is 0 Å². The van der Waals surface area contributed by atoms with E-state index in [1.165, 1.54) is 12.1 Å². The molecular formula is C14H20F3NO2. The van der Waals surface area contributed by atoms with Crippen molar-refractivity contribution in [2.45, 2.75) is 32.7 Å². The largest absolute Gasteiger partial charge is 0.573 e. The summed E-state index contributed by atoms with van der Waals surface area (Å²) in [6, 6.07) is 6.07. The molecule has 0 amide bonds. The van der Waals surface area contributed by atoms with Crippen molar-refractivity contribution < 1.29 is 22.6 Å². The number of hydrogen-bond acceptors (Lipinski definition) is 3. The Kier molecular flexibility index (Phi) is 6.81. The summed E-state index contributed by atoms with van der Waals surface area (Å²) in [5.41, 5.74) is 0.935. The molecule has 0 aliphatic carbocycles. The summed E-state index contributed by atoms with van der Waals surface area (Å²) in [5.74, 6) is -0.203. The lowest BCUT2D eigenvalue weighted by Crippen LogP contribution is -2.35. The predicted octanol–water partition coefficient (Wildman–Crippen LogP) is 3.14. The van der Waals surface area contributed by atoms with Crippen LogP contribution in [0.1, 0.15) is 19.4 Å². The second kappa shape index (κ2) is 8.11. The minimum absolute atomic E-state index is 0.148. The maximum atomic E-state index is 12.0. The number of likely N-dealkylation sites (N-methyl/N-ethyl adjacent to an activating group) is 1. The standard InChI is InChI=1S/C14H20F3NO2/c1-3-18-12(10-19-4-2)9-11-5-7-13(8-6-11)20-14(15,16)17/h5-8,12,18H,3-4,9-10H2,1-2H3. The highest BCUT2D eigenvalue weighted by molar-refractivity contribution is 5.28. The monoisotopic (exact) mass is 291 g/mol. The number of rotatable bonds is 8. The molecule has 1 N–H and O–H groups in total. The molecule has 1 aromatic rings. The predicted molar refractivity (Wildman–Crippen MR) is 70.8 cm³/mol. The van der Waals surface area contributed by atoms with E-state index in [0.29, 0.717) is 19.6 Å². The minimum atomic E-state index is -4.65. The van der Waals surface area contributed by atoms with Gasteiger partial charge in [-0.1, -0.05) is 19.1 Å². The summed E-state index contributed by atoms with van der Waals surface area (Å²) >= 11 is 0. The average Bonchev–Trinajstić information content (AvgIpc) is 2.37. The first-order valence-corrected chi connectivity index (χ1v) is 6.60. The topological polar surface area (TPSA) is 30.5 Å². The molecule has 0 aromatic heterocycles. The van der Waals surface area contributed by atoms with E-state index in [0.717, 1.165) is 12.1 Å². The second-order valence-corrected chi connectivity index (χ2v) is 4.31. The van der Waals surface area contributed by atoms with Crippen molar-refractivity contribution in [1.29, 1.82) is 0 Å². The summed E-state index contributed by atoms with van der Waals surface area (Å²) in [7, 11) is 0. The molecule has 0 bridgehead atoms. The summed E-state index contributed by atoms with van der Waals surface area (Å²) < 4.78 is 45.3. The number of alkyl halides is 3. The molecule has 1 atom stereocenters. The van der Waals surface area contributed by atoms with Crippen molar-refractivity contribution in [3.05, 3.63) is 29.8 Å². The fourth-order valence-electron chi connectivity index (χ4n) is 1.85. The Morgan fingerprint density at radius 3 is 2.30 bits per heavy atom. The molecular weight excluding hydrogens is 271 g/mol. The van der Waals surface area contributed by atoms with Crippen LogP contribution in [0, 0.1) is 0 Å². The van der Waals surface area contributed by atoms with Gasteiger partial charge in [-0.05, 0) is 37.6 Å². The zero-order valence-electron chi connectivity index (χ0n) is 11.7. The van der Waals surface area contributed by atoms with Crippen LogP contribution in [0.5, 0.6) is 5.75 Å². The van der Waals surface area contributed by atoms with Gasteiger partial charge in [0.25, 0.3) is 0 Å². The average molecular weight is 291 g/mol. The van der Waals surface area contributed by atoms with E-state index in [1.54, 1.807) is 12.1 Å². The Labute approximate surface area is 117 Å². The minimum Gasteiger partial charge on any atom is -0.406 e. The van der Waals surface area contributed by atoms with Gasteiger partial charge in [0, 0.05) is 12.6 Å². The Morgan fingerprint density at radius 1 is 1.15 bits per heavy atom. The lowest BCUT2D eigenvalue weighted by molar-refractivity contribution is -0.274. The first kappa shape index (κ1) is 16.8. The summed E-state index contributed by atoms with van der Waals surface area (Å²) in [6.07, 6.45) is -3.96. The van der Waals surface area contributed by atoms with Crippen molar-refractivity contribution in [2.24, 2.45) is 0 Å². The SMILES string of the molecule is CCNC(COCC)Cc1ccc(OC(F)(F)F)cc1. The fourth-order valence-corrected chi connectivity index (χ4v) is 1.85. The molecule has 0 aliphatic rings. The van der Waals surface area contributed by atoms with E-state index >= 15 is 0 Å². The smallest absolute Gasteiger partial charge is 0.406 e. The van der Waals surface area contributed by atoms with E-state index < -0.39 is 6.36 Å². The van der Waals surface area contributed by atoms with Gasteiger partial charge in [0.1, 0.15) is 5.75 Å². The van der Waals surface area contributed by atoms with E-state index in [9.17, 15) is 13.2 Å². The Balaban J connectivity index is 2.58. The number of nitrogens with one attached hydrogen (secondary N) is 1. The van der Waals surface area contributed by atoms with E-state index in [-0.39, 0.29) is 11.8 Å². The molecule has 0 saturated carbocycles. The third-order valence-electron chi connectivity index (χ3n) is 2.65. The molecule has 20 heavy (non-hydrogen) atoms. The van der Waals surface area contributed by atoms with Gasteiger partial charge in [-0.2, -0.15) is 0 Å². The van der Waals surface area contributed by atoms with Crippen LogP contribution >= 0.6 is 0 Å². The second-order valence-electron chi connectivity index (χ2n) is 4.31. The molecule has 0 fully saturated rings. The van der Waals surface area contributed by atoms with Crippen LogP contribution in [0.2, 0.25) is 0 Å². The maximum Gasteiger partial charge on any atom is 0.573 e. The van der Waals surface area contributed by atoms with Crippen molar-refractivity contribution in [3.8, 4) is 5.75 Å². The van der Waals surface area contributed by atoms with Crippen molar-refractivity contribution >= 4 is 0 Å². The Morgan fingerprint density at radius 2 is 1.80 bits per heavy atom. The Bertz CT molecular complexity index is 379. The lowest BCUT2D eigenvalue weighted by atomic mass is 10.1. The van der Waals surface area contributed by atoms with Crippen LogP contribution < -0.4 is 10.1 Å². The van der Waals surface area contributed by atoms with Crippen molar-refractivity contribution in [2.75, 3.05) is 19.8 Å². The zero-order valence-corrected chi connectivity index (χ0v) is 11.7. The summed E-state index contributed by atoms with van der Waals surface area (Å²) in [5, 5.41) is 3.28. The van der Waals surface area contributed by atoms with Crippen molar-refractivity contribution in [1.82, 2.24) is 5.32 Å². The molecule has 0 radical (unpaired) electrons. The maximum absolute atomic E-state index is 12.0. The summed E-state index contributed by atoms with van der Waals surface area (Å²) in [6.45, 7) is 5.95. The number of halogens is 3. The Hall–Kier alpha value is -1.27. The first-order chi connectivity index (χ1) is 9.44. The van der Waals surface area contributed by atoms with Gasteiger partial charge >= 0.3 is 6.36 Å². The van der Waals surface area contributed by atoms with Crippen LogP contribution in [0.4, 0.5) is 13.2 Å². The quantitative estimate of drug-likeness (QED) is 0.798. The fraction of sp³-hybridized carbons (Fsp3) is 0.571. The normalized spacial score (nSPS) is 13.2. The molecule has 0 spiro atoms. The van der Waals surface area contributed by atoms with Gasteiger partial charge < -0.3 is 14.8 Å². The van der Waals surface area contributed by atoms with E-state index in [2.05, 4.69) is 10.1 Å². The summed E-state index contributed by atoms with van der Waals surface area (Å²) in [4.78, 5) is 0. The van der Waals surface area contributed by atoms with Crippen LogP contribution in [0.25, 0.3) is 0 Å². The molecule has 114 valence electrons. The highest BCUT2D eigenvalue weighted by Crippen LogP contribution is 2.23. The zero-order chi connectivity index (χ0) is 15.0. The number of hydrogen-bond donors (Lipinski definition) is 1. The molecule has 3 nitrogen and oxygen atoms in total. The van der Waals surface area contributed by atoms with Crippen LogP contribution in [0.3, 0.4) is 0 Å². The third-order valence-corrected chi connectivity index (χ3v) is 2.65. The van der Waals surface area contributed by atoms with Gasteiger partial charge in [0.05, 0.1) is 6.61 Å². The van der Waals surface area contributed by atoms with Gasteiger partial charge in [0.15, 0.2) is 0 Å². The molecule has 6 heteroatoms. The molecule has 0 saturated heterocycles. The molecule has 1 rings (SSSR count). The first-order valence-electron chi connectivity index (χ1n) is 6.60. The van der Waals surface area contributed by atoms with Crippen LogP contribution in [0.15, 0.2) is 24.3 Å². The van der Waals surface area contributed by atoms with Crippen LogP contribution in [-0.2, 0) is 11.2 Å². The van der Waals surface area contributed by atoms with Crippen LogP contribution in [-0.4, -0.2) is 32.2 Å². The number of ether oxygens (including phenoxy) is 2. The van der Waals surface area contributed by atoms with Gasteiger partial charge in [-0.3, -0.25) is 0 Å². The van der Waals surface area contributed by atoms with E-state index in [1.807, 2.05) is 13.8 Å².